The number of nitrogens with zero attached hydrogens (tertiary/aromatic N) is 1. The third-order valence-corrected chi connectivity index (χ3v) is 4.51. The van der Waals surface area contributed by atoms with Crippen LogP contribution in [-0.4, -0.2) is 53.5 Å². The van der Waals surface area contributed by atoms with E-state index in [0.717, 1.165) is 0 Å². The van der Waals surface area contributed by atoms with Gasteiger partial charge in [-0.15, -0.1) is 0 Å². The highest BCUT2D eigenvalue weighted by Crippen LogP contribution is 2.66. The van der Waals surface area contributed by atoms with Crippen LogP contribution in [-0.2, 0) is 14.3 Å². The van der Waals surface area contributed by atoms with Crippen molar-refractivity contribution < 1.29 is 24.2 Å². The van der Waals surface area contributed by atoms with E-state index in [1.165, 1.54) is 4.90 Å². The first kappa shape index (κ1) is 16.1. The van der Waals surface area contributed by atoms with Crippen LogP contribution in [0.3, 0.4) is 0 Å². The molecule has 0 aromatic heterocycles. The molecule has 0 aromatic rings. The van der Waals surface area contributed by atoms with E-state index in [1.54, 1.807) is 20.8 Å². The zero-order valence-corrected chi connectivity index (χ0v) is 13.4. The molecule has 1 heterocycles. The predicted molar refractivity (Wildman–Crippen MR) is 76.0 cm³/mol. The Morgan fingerprint density at radius 3 is 2.33 bits per heavy atom. The van der Waals surface area contributed by atoms with Crippen molar-refractivity contribution in [3.05, 3.63) is 0 Å². The quantitative estimate of drug-likeness (QED) is 0.845. The van der Waals surface area contributed by atoms with E-state index in [9.17, 15) is 14.7 Å². The van der Waals surface area contributed by atoms with E-state index >= 15 is 0 Å². The van der Waals surface area contributed by atoms with Gasteiger partial charge in [-0.05, 0) is 32.6 Å². The molecule has 1 aliphatic carbocycles. The SMILES string of the molecule is CC(C)(C)OC(=O)N1CCOCC1C1(C(=O)O)CC1(C)C. The fraction of sp³-hybridized carbons (Fsp3) is 0.867. The van der Waals surface area contributed by atoms with Crippen molar-refractivity contribution in [2.45, 2.75) is 52.7 Å². The van der Waals surface area contributed by atoms with E-state index in [4.69, 9.17) is 9.47 Å². The highest BCUT2D eigenvalue weighted by atomic mass is 16.6. The standard InChI is InChI=1S/C15H25NO5/c1-13(2,3)21-12(19)16-6-7-20-8-10(16)15(11(17)18)9-14(15,4)5/h10H,6-9H2,1-5H3,(H,17,18). The molecule has 21 heavy (non-hydrogen) atoms. The fourth-order valence-corrected chi connectivity index (χ4v) is 3.28. The van der Waals surface area contributed by atoms with Crippen molar-refractivity contribution in [3.8, 4) is 0 Å². The van der Waals surface area contributed by atoms with Crippen molar-refractivity contribution in [1.82, 2.24) is 4.90 Å². The molecule has 1 saturated carbocycles. The summed E-state index contributed by atoms with van der Waals surface area (Å²) in [4.78, 5) is 25.7. The van der Waals surface area contributed by atoms with Gasteiger partial charge in [0, 0.05) is 6.54 Å². The van der Waals surface area contributed by atoms with Crippen LogP contribution in [0.5, 0.6) is 0 Å². The monoisotopic (exact) mass is 299 g/mol. The van der Waals surface area contributed by atoms with Crippen molar-refractivity contribution in [1.29, 1.82) is 0 Å². The summed E-state index contributed by atoms with van der Waals surface area (Å²) in [5.41, 5.74) is -1.88. The minimum absolute atomic E-state index is 0.245. The van der Waals surface area contributed by atoms with Crippen LogP contribution >= 0.6 is 0 Å². The number of hydrogen-bond donors (Lipinski definition) is 1. The van der Waals surface area contributed by atoms with Gasteiger partial charge in [-0.3, -0.25) is 9.69 Å². The molecule has 1 aliphatic heterocycles. The van der Waals surface area contributed by atoms with Gasteiger partial charge in [-0.2, -0.15) is 0 Å². The van der Waals surface area contributed by atoms with Crippen LogP contribution in [0.15, 0.2) is 0 Å². The summed E-state index contributed by atoms with van der Waals surface area (Å²) in [6.07, 6.45) is 0.0852. The minimum atomic E-state index is -0.940. The average molecular weight is 299 g/mol. The Kier molecular flexibility index (Phi) is 3.72. The van der Waals surface area contributed by atoms with Crippen molar-refractivity contribution in [3.63, 3.8) is 0 Å². The van der Waals surface area contributed by atoms with Crippen LogP contribution < -0.4 is 0 Å². The van der Waals surface area contributed by atoms with Gasteiger partial charge in [-0.25, -0.2) is 4.79 Å². The summed E-state index contributed by atoms with van der Waals surface area (Å²) in [6.45, 7) is 10.3. The van der Waals surface area contributed by atoms with E-state index in [0.29, 0.717) is 19.6 Å². The number of carboxylic acids is 1. The maximum Gasteiger partial charge on any atom is 0.410 e. The smallest absolute Gasteiger partial charge is 0.410 e. The number of amides is 1. The number of hydrogen-bond acceptors (Lipinski definition) is 4. The van der Waals surface area contributed by atoms with Gasteiger partial charge in [0.25, 0.3) is 0 Å². The Labute approximate surface area is 125 Å². The van der Waals surface area contributed by atoms with Crippen LogP contribution in [0, 0.1) is 10.8 Å². The van der Waals surface area contributed by atoms with E-state index in [1.807, 2.05) is 13.8 Å². The Morgan fingerprint density at radius 2 is 1.90 bits per heavy atom. The van der Waals surface area contributed by atoms with Crippen LogP contribution in [0.4, 0.5) is 4.79 Å². The number of aliphatic carboxylic acids is 1. The first-order valence-electron chi connectivity index (χ1n) is 7.32. The van der Waals surface area contributed by atoms with Crippen molar-refractivity contribution in [2.75, 3.05) is 19.8 Å². The molecule has 0 spiro atoms. The molecule has 0 radical (unpaired) electrons. The largest absolute Gasteiger partial charge is 0.481 e. The van der Waals surface area contributed by atoms with Gasteiger partial charge in [0.1, 0.15) is 5.60 Å². The topological polar surface area (TPSA) is 76.1 Å². The molecular formula is C15H25NO5. The summed E-state index contributed by atoms with van der Waals surface area (Å²) >= 11 is 0. The summed E-state index contributed by atoms with van der Waals surface area (Å²) in [7, 11) is 0. The highest BCUT2D eigenvalue weighted by Gasteiger charge is 2.72. The van der Waals surface area contributed by atoms with Gasteiger partial charge in [0.15, 0.2) is 0 Å². The summed E-state index contributed by atoms with van der Waals surface area (Å²) in [5.74, 6) is -0.864. The Bertz CT molecular complexity index is 453. The molecule has 6 nitrogen and oxygen atoms in total. The van der Waals surface area contributed by atoms with Crippen molar-refractivity contribution >= 4 is 12.1 Å². The second kappa shape index (κ2) is 4.87. The second-order valence-electron chi connectivity index (χ2n) is 7.60. The Balaban J connectivity index is 2.24. The maximum atomic E-state index is 12.4. The molecular weight excluding hydrogens is 274 g/mol. The van der Waals surface area contributed by atoms with Crippen LogP contribution in [0.1, 0.15) is 41.0 Å². The van der Waals surface area contributed by atoms with Crippen LogP contribution in [0.2, 0.25) is 0 Å². The minimum Gasteiger partial charge on any atom is -0.481 e. The molecule has 120 valence electrons. The number of morpholine rings is 1. The van der Waals surface area contributed by atoms with Gasteiger partial charge in [0.05, 0.1) is 24.7 Å². The molecule has 1 amide bonds. The Hall–Kier alpha value is -1.30. The lowest BCUT2D eigenvalue weighted by Crippen LogP contribution is -2.57. The molecule has 2 atom stereocenters. The predicted octanol–water partition coefficient (Wildman–Crippen LogP) is 2.12. The molecule has 0 bridgehead atoms. The van der Waals surface area contributed by atoms with Gasteiger partial charge < -0.3 is 14.6 Å². The van der Waals surface area contributed by atoms with Gasteiger partial charge >= 0.3 is 12.1 Å². The number of carbonyl (C=O) groups is 2. The molecule has 2 rings (SSSR count). The first-order valence-corrected chi connectivity index (χ1v) is 7.32. The molecule has 6 heteroatoms. The molecule has 0 aromatic carbocycles. The average Bonchev–Trinajstić information content (AvgIpc) is 2.92. The maximum absolute atomic E-state index is 12.4. The number of carboxylic acid groups (broad SMARTS) is 1. The van der Waals surface area contributed by atoms with Gasteiger partial charge in [-0.1, -0.05) is 13.8 Å². The van der Waals surface area contributed by atoms with Crippen molar-refractivity contribution in [2.24, 2.45) is 10.8 Å². The zero-order chi connectivity index (χ0) is 16.1. The zero-order valence-electron chi connectivity index (χ0n) is 13.4. The lowest BCUT2D eigenvalue weighted by atomic mass is 9.86. The second-order valence-corrected chi connectivity index (χ2v) is 7.60. The van der Waals surface area contributed by atoms with E-state index in [-0.39, 0.29) is 12.0 Å². The molecule has 2 unspecified atom stereocenters. The normalized spacial score (nSPS) is 31.7. The van der Waals surface area contributed by atoms with E-state index < -0.39 is 29.1 Å². The molecule has 1 saturated heterocycles. The fourth-order valence-electron chi connectivity index (χ4n) is 3.28. The lowest BCUT2D eigenvalue weighted by molar-refractivity contribution is -0.151. The summed E-state index contributed by atoms with van der Waals surface area (Å²) in [6, 6.07) is -0.478. The van der Waals surface area contributed by atoms with Crippen LogP contribution in [0.25, 0.3) is 0 Å². The number of rotatable bonds is 2. The van der Waals surface area contributed by atoms with E-state index in [2.05, 4.69) is 0 Å². The lowest BCUT2D eigenvalue weighted by Gasteiger charge is -2.40. The third kappa shape index (κ3) is 2.73. The van der Waals surface area contributed by atoms with Gasteiger partial charge in [0.2, 0.25) is 0 Å². The molecule has 2 aliphatic rings. The molecule has 1 N–H and O–H groups in total. The Morgan fingerprint density at radius 1 is 1.33 bits per heavy atom. The summed E-state index contributed by atoms with van der Waals surface area (Å²) < 4.78 is 10.9. The first-order chi connectivity index (χ1) is 9.51. The number of ether oxygens (including phenoxy) is 2. The highest BCUT2D eigenvalue weighted by molar-refractivity contribution is 5.82. The number of carbonyl (C=O) groups excluding carboxylic acids is 1. The third-order valence-electron chi connectivity index (χ3n) is 4.51. The summed E-state index contributed by atoms with van der Waals surface area (Å²) in [5, 5.41) is 9.69. The molecule has 2 fully saturated rings.